The van der Waals surface area contributed by atoms with Crippen molar-refractivity contribution in [1.29, 1.82) is 0 Å². The second kappa shape index (κ2) is 2.88. The van der Waals surface area contributed by atoms with Gasteiger partial charge in [0.2, 0.25) is 0 Å². The van der Waals surface area contributed by atoms with Crippen molar-refractivity contribution in [2.24, 2.45) is 5.41 Å². The molecule has 1 aliphatic rings. The molecular formula is C11H18N2. The number of nitrogens with zero attached hydrogens (tertiary/aromatic N) is 1. The lowest BCUT2D eigenvalue weighted by molar-refractivity contribution is 0.239. The summed E-state index contributed by atoms with van der Waals surface area (Å²) in [7, 11) is 0. The fraction of sp³-hybridized carbons (Fsp3) is 0.636. The monoisotopic (exact) mass is 178 g/mol. The maximum atomic E-state index is 3.58. The maximum absolute atomic E-state index is 3.58. The maximum Gasteiger partial charge on any atom is 0.0524 e. The summed E-state index contributed by atoms with van der Waals surface area (Å²) in [6, 6.07) is 4.86. The Morgan fingerprint density at radius 2 is 2.23 bits per heavy atom. The van der Waals surface area contributed by atoms with Gasteiger partial charge in [0, 0.05) is 25.0 Å². The SMILES string of the molecule is CC(C)(C)C1NCCn2cccc21. The van der Waals surface area contributed by atoms with E-state index in [2.05, 4.69) is 49.0 Å². The molecule has 72 valence electrons. The number of rotatable bonds is 0. The van der Waals surface area contributed by atoms with Crippen molar-refractivity contribution in [3.63, 3.8) is 0 Å². The highest BCUT2D eigenvalue weighted by molar-refractivity contribution is 5.16. The van der Waals surface area contributed by atoms with Gasteiger partial charge in [0.15, 0.2) is 0 Å². The number of hydrogen-bond acceptors (Lipinski definition) is 1. The first kappa shape index (κ1) is 8.82. The van der Waals surface area contributed by atoms with Crippen LogP contribution in [0.1, 0.15) is 32.5 Å². The van der Waals surface area contributed by atoms with Crippen molar-refractivity contribution in [2.75, 3.05) is 6.54 Å². The van der Waals surface area contributed by atoms with Crippen LogP contribution in [0.5, 0.6) is 0 Å². The van der Waals surface area contributed by atoms with E-state index >= 15 is 0 Å². The Labute approximate surface area is 79.9 Å². The van der Waals surface area contributed by atoms with E-state index in [1.165, 1.54) is 5.69 Å². The van der Waals surface area contributed by atoms with Gasteiger partial charge in [-0.2, -0.15) is 0 Å². The molecule has 0 saturated carbocycles. The Balaban J connectivity index is 2.35. The van der Waals surface area contributed by atoms with Crippen LogP contribution in [0.2, 0.25) is 0 Å². The lowest BCUT2D eigenvalue weighted by Gasteiger charge is -2.36. The van der Waals surface area contributed by atoms with E-state index in [1.54, 1.807) is 0 Å². The van der Waals surface area contributed by atoms with Crippen molar-refractivity contribution < 1.29 is 0 Å². The zero-order valence-corrected chi connectivity index (χ0v) is 8.67. The molecule has 0 aromatic carbocycles. The molecule has 0 radical (unpaired) electrons. The molecule has 1 aromatic rings. The number of fused-ring (bicyclic) bond motifs is 1. The first-order valence-corrected chi connectivity index (χ1v) is 4.97. The summed E-state index contributed by atoms with van der Waals surface area (Å²) < 4.78 is 2.35. The third-order valence-corrected chi connectivity index (χ3v) is 2.73. The lowest BCUT2D eigenvalue weighted by Crippen LogP contribution is -2.39. The van der Waals surface area contributed by atoms with Crippen LogP contribution in [-0.4, -0.2) is 11.1 Å². The minimum absolute atomic E-state index is 0.302. The van der Waals surface area contributed by atoms with E-state index in [1.807, 2.05) is 0 Å². The third-order valence-electron chi connectivity index (χ3n) is 2.73. The molecule has 0 saturated heterocycles. The van der Waals surface area contributed by atoms with Crippen LogP contribution in [0.3, 0.4) is 0 Å². The Hall–Kier alpha value is -0.760. The van der Waals surface area contributed by atoms with E-state index < -0.39 is 0 Å². The summed E-state index contributed by atoms with van der Waals surface area (Å²) >= 11 is 0. The second-order valence-electron chi connectivity index (χ2n) is 4.88. The van der Waals surface area contributed by atoms with Crippen molar-refractivity contribution in [3.05, 3.63) is 24.0 Å². The van der Waals surface area contributed by atoms with Gasteiger partial charge in [0.25, 0.3) is 0 Å². The normalized spacial score (nSPS) is 22.8. The predicted octanol–water partition coefficient (Wildman–Crippen LogP) is 2.18. The highest BCUT2D eigenvalue weighted by atomic mass is 15.1. The highest BCUT2D eigenvalue weighted by Gasteiger charge is 2.29. The summed E-state index contributed by atoms with van der Waals surface area (Å²) in [5.41, 5.74) is 1.73. The molecule has 13 heavy (non-hydrogen) atoms. The van der Waals surface area contributed by atoms with Gasteiger partial charge in [0.05, 0.1) is 6.04 Å². The molecule has 1 N–H and O–H groups in total. The molecule has 0 spiro atoms. The number of nitrogens with one attached hydrogen (secondary N) is 1. The molecule has 1 aliphatic heterocycles. The summed E-state index contributed by atoms with van der Waals surface area (Å²) in [5, 5.41) is 3.58. The minimum Gasteiger partial charge on any atom is -0.349 e. The average Bonchev–Trinajstić information content (AvgIpc) is 2.48. The van der Waals surface area contributed by atoms with E-state index in [9.17, 15) is 0 Å². The van der Waals surface area contributed by atoms with Gasteiger partial charge >= 0.3 is 0 Å². The summed E-state index contributed by atoms with van der Waals surface area (Å²) in [5.74, 6) is 0. The van der Waals surface area contributed by atoms with Gasteiger partial charge in [-0.25, -0.2) is 0 Å². The Bertz CT molecular complexity index is 293. The van der Waals surface area contributed by atoms with Gasteiger partial charge in [-0.1, -0.05) is 20.8 Å². The first-order chi connectivity index (χ1) is 6.09. The van der Waals surface area contributed by atoms with Gasteiger partial charge in [-0.05, 0) is 17.5 Å². The van der Waals surface area contributed by atoms with Gasteiger partial charge in [-0.3, -0.25) is 0 Å². The van der Waals surface area contributed by atoms with E-state index in [0.29, 0.717) is 11.5 Å². The molecule has 2 rings (SSSR count). The van der Waals surface area contributed by atoms with E-state index in [-0.39, 0.29) is 0 Å². The Morgan fingerprint density at radius 1 is 1.46 bits per heavy atom. The van der Waals surface area contributed by atoms with E-state index in [0.717, 1.165) is 13.1 Å². The third kappa shape index (κ3) is 1.51. The Morgan fingerprint density at radius 3 is 2.92 bits per heavy atom. The zero-order valence-electron chi connectivity index (χ0n) is 8.67. The van der Waals surface area contributed by atoms with Gasteiger partial charge in [-0.15, -0.1) is 0 Å². The van der Waals surface area contributed by atoms with Crippen LogP contribution in [-0.2, 0) is 6.54 Å². The second-order valence-corrected chi connectivity index (χ2v) is 4.88. The van der Waals surface area contributed by atoms with Crippen LogP contribution >= 0.6 is 0 Å². The molecule has 1 aromatic heterocycles. The van der Waals surface area contributed by atoms with Gasteiger partial charge < -0.3 is 9.88 Å². The molecule has 2 heteroatoms. The molecule has 0 bridgehead atoms. The largest absolute Gasteiger partial charge is 0.349 e. The fourth-order valence-electron chi connectivity index (χ4n) is 2.08. The smallest absolute Gasteiger partial charge is 0.0524 e. The molecule has 1 atom stereocenters. The van der Waals surface area contributed by atoms with Crippen LogP contribution in [0.25, 0.3) is 0 Å². The Kier molecular flexibility index (Phi) is 1.95. The minimum atomic E-state index is 0.302. The zero-order chi connectivity index (χ0) is 9.47. The fourth-order valence-corrected chi connectivity index (χ4v) is 2.08. The molecule has 1 unspecified atom stereocenters. The molecule has 2 heterocycles. The van der Waals surface area contributed by atoms with Crippen molar-refractivity contribution in [1.82, 2.24) is 9.88 Å². The molecule has 0 amide bonds. The van der Waals surface area contributed by atoms with Gasteiger partial charge in [0.1, 0.15) is 0 Å². The van der Waals surface area contributed by atoms with Crippen LogP contribution in [0.15, 0.2) is 18.3 Å². The average molecular weight is 178 g/mol. The lowest BCUT2D eigenvalue weighted by atomic mass is 9.84. The van der Waals surface area contributed by atoms with E-state index in [4.69, 9.17) is 0 Å². The van der Waals surface area contributed by atoms with Crippen LogP contribution in [0.4, 0.5) is 0 Å². The first-order valence-electron chi connectivity index (χ1n) is 4.97. The number of hydrogen-bond donors (Lipinski definition) is 1. The predicted molar refractivity (Wildman–Crippen MR) is 54.6 cm³/mol. The molecule has 0 aliphatic carbocycles. The molecular weight excluding hydrogens is 160 g/mol. The summed E-state index contributed by atoms with van der Waals surface area (Å²) in [4.78, 5) is 0. The standard InChI is InChI=1S/C11H18N2/c1-11(2,3)10-9-5-4-7-13(9)8-6-12-10/h4-5,7,10,12H,6,8H2,1-3H3. The highest BCUT2D eigenvalue weighted by Crippen LogP contribution is 2.34. The quantitative estimate of drug-likeness (QED) is 0.644. The number of aromatic nitrogens is 1. The van der Waals surface area contributed by atoms with Crippen LogP contribution in [0, 0.1) is 5.41 Å². The van der Waals surface area contributed by atoms with Crippen molar-refractivity contribution in [3.8, 4) is 0 Å². The van der Waals surface area contributed by atoms with Crippen molar-refractivity contribution in [2.45, 2.75) is 33.4 Å². The van der Waals surface area contributed by atoms with Crippen molar-refractivity contribution >= 4 is 0 Å². The molecule has 2 nitrogen and oxygen atoms in total. The summed E-state index contributed by atoms with van der Waals surface area (Å²) in [6.07, 6.45) is 2.18. The topological polar surface area (TPSA) is 17.0 Å². The van der Waals surface area contributed by atoms with Crippen LogP contribution < -0.4 is 5.32 Å². The molecule has 0 fully saturated rings. The summed E-state index contributed by atoms with van der Waals surface area (Å²) in [6.45, 7) is 9.05.